The summed E-state index contributed by atoms with van der Waals surface area (Å²) in [6.07, 6.45) is 2.93. The van der Waals surface area contributed by atoms with Crippen LogP contribution in [0.3, 0.4) is 0 Å². The maximum absolute atomic E-state index is 13.8. The normalized spacial score (nSPS) is 17.5. The summed E-state index contributed by atoms with van der Waals surface area (Å²) in [4.78, 5) is 15.4. The number of hydrogen-bond donors (Lipinski definition) is 2. The van der Waals surface area contributed by atoms with Crippen LogP contribution in [0.4, 0.5) is 14.5 Å². The Morgan fingerprint density at radius 3 is 2.79 bits per heavy atom. The zero-order valence-corrected chi connectivity index (χ0v) is 10.3. The summed E-state index contributed by atoms with van der Waals surface area (Å²) in [7, 11) is 1.35. The molecule has 0 saturated heterocycles. The first-order chi connectivity index (χ1) is 8.90. The number of anilines is 1. The van der Waals surface area contributed by atoms with Crippen molar-refractivity contribution in [1.82, 2.24) is 4.98 Å². The molecule has 2 N–H and O–H groups in total. The first-order valence-corrected chi connectivity index (χ1v) is 5.80. The Labute approximate surface area is 108 Å². The molecule has 1 aromatic heterocycles. The number of halogens is 2. The summed E-state index contributed by atoms with van der Waals surface area (Å²) >= 11 is 0. The van der Waals surface area contributed by atoms with E-state index in [1.807, 2.05) is 5.32 Å². The molecule has 1 heterocycles. The highest BCUT2D eigenvalue weighted by Crippen LogP contribution is 2.44. The summed E-state index contributed by atoms with van der Waals surface area (Å²) in [5, 5.41) is 11.7. The molecule has 0 spiro atoms. The SMILES string of the molecule is COc1ccncc1NC(=O)C(F)(F)C1(O)CCC1. The molecular weight excluding hydrogens is 258 g/mol. The fraction of sp³-hybridized carbons (Fsp3) is 0.500. The molecule has 0 unspecified atom stereocenters. The fourth-order valence-electron chi connectivity index (χ4n) is 1.89. The monoisotopic (exact) mass is 272 g/mol. The molecule has 7 heteroatoms. The van der Waals surface area contributed by atoms with Crippen LogP contribution in [0, 0.1) is 0 Å². The van der Waals surface area contributed by atoms with Crippen LogP contribution in [0.5, 0.6) is 5.75 Å². The van der Waals surface area contributed by atoms with Crippen molar-refractivity contribution in [1.29, 1.82) is 0 Å². The van der Waals surface area contributed by atoms with Gasteiger partial charge in [-0.05, 0) is 19.3 Å². The molecule has 5 nitrogen and oxygen atoms in total. The van der Waals surface area contributed by atoms with Gasteiger partial charge in [-0.25, -0.2) is 0 Å². The van der Waals surface area contributed by atoms with Crippen molar-refractivity contribution in [3.63, 3.8) is 0 Å². The van der Waals surface area contributed by atoms with Gasteiger partial charge < -0.3 is 15.2 Å². The average Bonchev–Trinajstić information content (AvgIpc) is 2.36. The molecule has 2 rings (SSSR count). The van der Waals surface area contributed by atoms with Gasteiger partial charge in [-0.2, -0.15) is 8.78 Å². The van der Waals surface area contributed by atoms with E-state index in [9.17, 15) is 18.7 Å². The van der Waals surface area contributed by atoms with Crippen LogP contribution in [-0.2, 0) is 4.79 Å². The third-order valence-electron chi connectivity index (χ3n) is 3.30. The number of alkyl halides is 2. The van der Waals surface area contributed by atoms with E-state index in [0.29, 0.717) is 6.42 Å². The van der Waals surface area contributed by atoms with Crippen molar-refractivity contribution in [3.05, 3.63) is 18.5 Å². The lowest BCUT2D eigenvalue weighted by Crippen LogP contribution is -2.59. The van der Waals surface area contributed by atoms with Crippen molar-refractivity contribution < 1.29 is 23.4 Å². The van der Waals surface area contributed by atoms with Crippen LogP contribution in [0.25, 0.3) is 0 Å². The van der Waals surface area contributed by atoms with Crippen LogP contribution in [-0.4, -0.2) is 34.6 Å². The minimum atomic E-state index is -3.84. The number of carbonyl (C=O) groups excluding carboxylic acids is 1. The van der Waals surface area contributed by atoms with E-state index in [1.54, 1.807) is 0 Å². The van der Waals surface area contributed by atoms with Crippen LogP contribution in [0.15, 0.2) is 18.5 Å². The van der Waals surface area contributed by atoms with Gasteiger partial charge in [0.2, 0.25) is 0 Å². The van der Waals surface area contributed by atoms with Gasteiger partial charge in [0, 0.05) is 12.3 Å². The second-order valence-electron chi connectivity index (χ2n) is 4.49. The van der Waals surface area contributed by atoms with E-state index in [4.69, 9.17) is 4.74 Å². The molecule has 0 aliphatic heterocycles. The molecule has 104 valence electrons. The van der Waals surface area contributed by atoms with Gasteiger partial charge in [-0.15, -0.1) is 0 Å². The number of hydrogen-bond acceptors (Lipinski definition) is 4. The highest BCUT2D eigenvalue weighted by Gasteiger charge is 2.61. The van der Waals surface area contributed by atoms with E-state index in [1.165, 1.54) is 25.6 Å². The number of pyridine rings is 1. The number of amides is 1. The van der Waals surface area contributed by atoms with E-state index in [-0.39, 0.29) is 24.3 Å². The Morgan fingerprint density at radius 1 is 1.58 bits per heavy atom. The first-order valence-electron chi connectivity index (χ1n) is 5.80. The van der Waals surface area contributed by atoms with Crippen LogP contribution in [0.1, 0.15) is 19.3 Å². The topological polar surface area (TPSA) is 71.5 Å². The number of ether oxygens (including phenoxy) is 1. The smallest absolute Gasteiger partial charge is 0.352 e. The molecule has 19 heavy (non-hydrogen) atoms. The predicted octanol–water partition coefficient (Wildman–Crippen LogP) is 1.58. The lowest BCUT2D eigenvalue weighted by Gasteiger charge is -2.41. The highest BCUT2D eigenvalue weighted by atomic mass is 19.3. The van der Waals surface area contributed by atoms with Crippen LogP contribution < -0.4 is 10.1 Å². The molecule has 1 amide bonds. The van der Waals surface area contributed by atoms with E-state index in [0.717, 1.165) is 0 Å². The Hall–Kier alpha value is -1.76. The second-order valence-corrected chi connectivity index (χ2v) is 4.49. The quantitative estimate of drug-likeness (QED) is 0.873. The Kier molecular flexibility index (Phi) is 3.40. The van der Waals surface area contributed by atoms with Gasteiger partial charge in [0.15, 0.2) is 0 Å². The van der Waals surface area contributed by atoms with E-state index >= 15 is 0 Å². The van der Waals surface area contributed by atoms with Gasteiger partial charge in [-0.3, -0.25) is 9.78 Å². The molecule has 1 aliphatic rings. The number of nitrogens with zero attached hydrogens (tertiary/aromatic N) is 1. The van der Waals surface area contributed by atoms with Crippen molar-refractivity contribution >= 4 is 11.6 Å². The van der Waals surface area contributed by atoms with Gasteiger partial charge >= 0.3 is 5.92 Å². The number of methoxy groups -OCH3 is 1. The zero-order chi connectivity index (χ0) is 14.1. The predicted molar refractivity (Wildman–Crippen MR) is 63.2 cm³/mol. The number of rotatable bonds is 4. The standard InChI is InChI=1S/C12H14F2N2O3/c1-19-9-3-6-15-7-8(9)16-10(17)12(13,14)11(18)4-2-5-11/h3,6-7,18H,2,4-5H2,1H3,(H,16,17). The van der Waals surface area contributed by atoms with Crippen LogP contribution >= 0.6 is 0 Å². The maximum Gasteiger partial charge on any atom is 0.352 e. The maximum atomic E-state index is 13.8. The number of nitrogens with one attached hydrogen (secondary N) is 1. The molecule has 1 aromatic rings. The van der Waals surface area contributed by atoms with E-state index < -0.39 is 17.4 Å². The van der Waals surface area contributed by atoms with Gasteiger partial charge in [0.05, 0.1) is 13.3 Å². The molecule has 1 saturated carbocycles. The average molecular weight is 272 g/mol. The lowest BCUT2D eigenvalue weighted by atomic mass is 9.75. The Bertz CT molecular complexity index is 490. The van der Waals surface area contributed by atoms with E-state index in [2.05, 4.69) is 4.98 Å². The molecule has 1 fully saturated rings. The largest absolute Gasteiger partial charge is 0.494 e. The summed E-state index contributed by atoms with van der Waals surface area (Å²) < 4.78 is 32.6. The molecule has 0 atom stereocenters. The molecule has 0 aromatic carbocycles. The molecule has 1 aliphatic carbocycles. The van der Waals surface area contributed by atoms with Gasteiger partial charge in [-0.1, -0.05) is 0 Å². The van der Waals surface area contributed by atoms with Crippen molar-refractivity contribution in [3.8, 4) is 5.75 Å². The minimum Gasteiger partial charge on any atom is -0.494 e. The summed E-state index contributed by atoms with van der Waals surface area (Å²) in [6, 6.07) is 1.44. The summed E-state index contributed by atoms with van der Waals surface area (Å²) in [6.45, 7) is 0. The van der Waals surface area contributed by atoms with Crippen molar-refractivity contribution in [2.45, 2.75) is 30.8 Å². The van der Waals surface area contributed by atoms with Gasteiger partial charge in [0.25, 0.3) is 5.91 Å². The number of aliphatic hydroxyl groups is 1. The highest BCUT2D eigenvalue weighted by molar-refractivity contribution is 5.98. The third kappa shape index (κ3) is 2.25. The van der Waals surface area contributed by atoms with Crippen molar-refractivity contribution in [2.24, 2.45) is 0 Å². The molecule has 0 radical (unpaired) electrons. The molecule has 0 bridgehead atoms. The second kappa shape index (κ2) is 4.73. The molecular formula is C12H14F2N2O3. The lowest BCUT2D eigenvalue weighted by molar-refractivity contribution is -0.212. The minimum absolute atomic E-state index is 0.0394. The van der Waals surface area contributed by atoms with Gasteiger partial charge in [0.1, 0.15) is 17.0 Å². The fourth-order valence-corrected chi connectivity index (χ4v) is 1.89. The van der Waals surface area contributed by atoms with Crippen molar-refractivity contribution in [2.75, 3.05) is 12.4 Å². The Balaban J connectivity index is 2.17. The van der Waals surface area contributed by atoms with Crippen LogP contribution in [0.2, 0.25) is 0 Å². The number of aromatic nitrogens is 1. The Morgan fingerprint density at radius 2 is 2.26 bits per heavy atom. The first kappa shape index (κ1) is 13.7. The number of carbonyl (C=O) groups is 1. The summed E-state index contributed by atoms with van der Waals surface area (Å²) in [5.41, 5.74) is -2.20. The third-order valence-corrected chi connectivity index (χ3v) is 3.30. The summed E-state index contributed by atoms with van der Waals surface area (Å²) in [5.74, 6) is -5.17. The zero-order valence-electron chi connectivity index (χ0n) is 10.3.